The van der Waals surface area contributed by atoms with Crippen LogP contribution in [0.15, 0.2) is 29.2 Å². The first-order valence-electron chi connectivity index (χ1n) is 6.67. The zero-order valence-electron chi connectivity index (χ0n) is 11.3. The molecule has 0 spiro atoms. The van der Waals surface area contributed by atoms with Gasteiger partial charge in [-0.1, -0.05) is 12.8 Å². The maximum atomic E-state index is 12.4. The van der Waals surface area contributed by atoms with Gasteiger partial charge in [0, 0.05) is 4.90 Å². The predicted molar refractivity (Wildman–Crippen MR) is 77.0 cm³/mol. The Morgan fingerprint density at radius 1 is 1.30 bits per heavy atom. The summed E-state index contributed by atoms with van der Waals surface area (Å²) in [5.74, 6) is -1.64. The minimum absolute atomic E-state index is 0.420. The second-order valence-electron chi connectivity index (χ2n) is 5.44. The van der Waals surface area contributed by atoms with Crippen LogP contribution in [0.1, 0.15) is 32.6 Å². The number of benzene rings is 1. The largest absolute Gasteiger partial charge is 0.481 e. The minimum Gasteiger partial charge on any atom is -0.481 e. The summed E-state index contributed by atoms with van der Waals surface area (Å²) in [6, 6.07) is 6.76. The van der Waals surface area contributed by atoms with Crippen LogP contribution in [0.25, 0.3) is 0 Å². The standard InChI is InChI=1S/C15H18O4S/c1-15(9-3-2-4-12(15)13(16)17)14(18)19-10-5-7-11(20)8-6-10/h5-8,12,20H,2-4,9H2,1H3,(H,16,17). The molecular weight excluding hydrogens is 276 g/mol. The number of hydrogen-bond acceptors (Lipinski definition) is 4. The Morgan fingerprint density at radius 2 is 1.95 bits per heavy atom. The predicted octanol–water partition coefficient (Wildman–Crippen LogP) is 3.16. The fourth-order valence-corrected chi connectivity index (χ4v) is 2.86. The number of ether oxygens (including phenoxy) is 1. The normalized spacial score (nSPS) is 26.0. The van der Waals surface area contributed by atoms with E-state index in [1.165, 1.54) is 0 Å². The molecular formula is C15H18O4S. The Morgan fingerprint density at radius 3 is 2.55 bits per heavy atom. The highest BCUT2D eigenvalue weighted by Crippen LogP contribution is 2.42. The van der Waals surface area contributed by atoms with E-state index >= 15 is 0 Å². The van der Waals surface area contributed by atoms with E-state index in [0.29, 0.717) is 18.6 Å². The van der Waals surface area contributed by atoms with Crippen LogP contribution < -0.4 is 4.74 Å². The average molecular weight is 294 g/mol. The van der Waals surface area contributed by atoms with E-state index in [2.05, 4.69) is 12.6 Å². The molecule has 5 heteroatoms. The molecule has 0 aliphatic heterocycles. The second kappa shape index (κ2) is 5.87. The average Bonchev–Trinajstić information content (AvgIpc) is 2.41. The Labute approximate surface area is 123 Å². The van der Waals surface area contributed by atoms with Crippen molar-refractivity contribution in [2.24, 2.45) is 11.3 Å². The third kappa shape index (κ3) is 2.98. The summed E-state index contributed by atoms with van der Waals surface area (Å²) in [6.45, 7) is 1.69. The molecule has 0 heterocycles. The van der Waals surface area contributed by atoms with E-state index in [1.54, 1.807) is 31.2 Å². The summed E-state index contributed by atoms with van der Waals surface area (Å²) in [7, 11) is 0. The number of hydrogen-bond donors (Lipinski definition) is 2. The zero-order valence-corrected chi connectivity index (χ0v) is 12.2. The topological polar surface area (TPSA) is 63.6 Å². The van der Waals surface area contributed by atoms with E-state index in [0.717, 1.165) is 17.7 Å². The number of carbonyl (C=O) groups excluding carboxylic acids is 1. The first-order chi connectivity index (χ1) is 9.43. The lowest BCUT2D eigenvalue weighted by Crippen LogP contribution is -2.44. The fraction of sp³-hybridized carbons (Fsp3) is 0.467. The number of aliphatic carboxylic acids is 1. The van der Waals surface area contributed by atoms with Gasteiger partial charge in [0.15, 0.2) is 0 Å². The van der Waals surface area contributed by atoms with Crippen LogP contribution in [0.2, 0.25) is 0 Å². The van der Waals surface area contributed by atoms with Crippen LogP contribution in [-0.4, -0.2) is 17.0 Å². The number of esters is 1. The second-order valence-corrected chi connectivity index (χ2v) is 5.95. The van der Waals surface area contributed by atoms with Gasteiger partial charge in [-0.3, -0.25) is 9.59 Å². The van der Waals surface area contributed by atoms with E-state index in [-0.39, 0.29) is 0 Å². The maximum absolute atomic E-state index is 12.4. The number of carboxylic acids is 1. The molecule has 0 bridgehead atoms. The van der Waals surface area contributed by atoms with Gasteiger partial charge in [0.1, 0.15) is 5.75 Å². The van der Waals surface area contributed by atoms with E-state index in [4.69, 9.17) is 4.74 Å². The lowest BCUT2D eigenvalue weighted by Gasteiger charge is -2.36. The summed E-state index contributed by atoms with van der Waals surface area (Å²) in [5, 5.41) is 9.31. The molecule has 2 rings (SSSR count). The lowest BCUT2D eigenvalue weighted by atomic mass is 9.67. The van der Waals surface area contributed by atoms with E-state index in [1.807, 2.05) is 0 Å². The van der Waals surface area contributed by atoms with Gasteiger partial charge in [0.05, 0.1) is 11.3 Å². The van der Waals surface area contributed by atoms with E-state index in [9.17, 15) is 14.7 Å². The Kier molecular flexibility index (Phi) is 4.38. The SMILES string of the molecule is CC1(C(=O)Oc2ccc(S)cc2)CCCCC1C(=O)O. The molecule has 2 atom stereocenters. The van der Waals surface area contributed by atoms with Crippen LogP contribution in [0.5, 0.6) is 5.75 Å². The summed E-state index contributed by atoms with van der Waals surface area (Å²) in [6.07, 6.45) is 2.77. The molecule has 1 aliphatic carbocycles. The number of carboxylic acid groups (broad SMARTS) is 1. The van der Waals surface area contributed by atoms with Crippen LogP contribution in [0.3, 0.4) is 0 Å². The van der Waals surface area contributed by atoms with Gasteiger partial charge >= 0.3 is 11.9 Å². The number of rotatable bonds is 3. The highest BCUT2D eigenvalue weighted by molar-refractivity contribution is 7.80. The summed E-state index contributed by atoms with van der Waals surface area (Å²) in [5.41, 5.74) is -0.955. The zero-order chi connectivity index (χ0) is 14.8. The van der Waals surface area contributed by atoms with Crippen molar-refractivity contribution in [3.8, 4) is 5.75 Å². The minimum atomic E-state index is -0.955. The molecule has 108 valence electrons. The van der Waals surface area contributed by atoms with Crippen molar-refractivity contribution in [1.82, 2.24) is 0 Å². The third-order valence-corrected chi connectivity index (χ3v) is 4.32. The first-order valence-corrected chi connectivity index (χ1v) is 7.12. The molecule has 0 aromatic heterocycles. The van der Waals surface area contributed by atoms with Gasteiger partial charge < -0.3 is 9.84 Å². The lowest BCUT2D eigenvalue weighted by molar-refractivity contribution is -0.162. The Bertz CT molecular complexity index is 511. The van der Waals surface area contributed by atoms with Crippen molar-refractivity contribution >= 4 is 24.6 Å². The monoisotopic (exact) mass is 294 g/mol. The molecule has 2 unspecified atom stereocenters. The number of carbonyl (C=O) groups is 2. The van der Waals surface area contributed by atoms with Gasteiger partial charge in [-0.15, -0.1) is 12.6 Å². The number of thiol groups is 1. The van der Waals surface area contributed by atoms with Crippen LogP contribution in [0.4, 0.5) is 0 Å². The van der Waals surface area contributed by atoms with Gasteiger partial charge in [-0.25, -0.2) is 0 Å². The quantitative estimate of drug-likeness (QED) is 0.510. The molecule has 1 saturated carbocycles. The van der Waals surface area contributed by atoms with Crippen LogP contribution in [-0.2, 0) is 9.59 Å². The van der Waals surface area contributed by atoms with E-state index < -0.39 is 23.3 Å². The maximum Gasteiger partial charge on any atom is 0.318 e. The summed E-state index contributed by atoms with van der Waals surface area (Å²) in [4.78, 5) is 24.5. The molecule has 0 saturated heterocycles. The smallest absolute Gasteiger partial charge is 0.318 e. The van der Waals surface area contributed by atoms with Crippen molar-refractivity contribution in [1.29, 1.82) is 0 Å². The van der Waals surface area contributed by atoms with Crippen molar-refractivity contribution in [2.75, 3.05) is 0 Å². The summed E-state index contributed by atoms with van der Waals surface area (Å²) < 4.78 is 5.36. The molecule has 0 amide bonds. The van der Waals surface area contributed by atoms with Crippen LogP contribution >= 0.6 is 12.6 Å². The Balaban J connectivity index is 2.17. The van der Waals surface area contributed by atoms with Crippen molar-refractivity contribution < 1.29 is 19.4 Å². The Hall–Kier alpha value is -1.49. The first kappa shape index (κ1) is 14.9. The van der Waals surface area contributed by atoms with Crippen LogP contribution in [0, 0.1) is 11.3 Å². The molecule has 1 fully saturated rings. The highest BCUT2D eigenvalue weighted by Gasteiger charge is 2.48. The summed E-state index contributed by atoms with van der Waals surface area (Å²) >= 11 is 4.16. The molecule has 1 aromatic rings. The molecule has 20 heavy (non-hydrogen) atoms. The van der Waals surface area contributed by atoms with Crippen molar-refractivity contribution in [2.45, 2.75) is 37.5 Å². The molecule has 1 aliphatic rings. The van der Waals surface area contributed by atoms with Gasteiger partial charge in [0.25, 0.3) is 0 Å². The molecule has 0 radical (unpaired) electrons. The van der Waals surface area contributed by atoms with Gasteiger partial charge in [-0.2, -0.15) is 0 Å². The van der Waals surface area contributed by atoms with Crippen molar-refractivity contribution in [3.63, 3.8) is 0 Å². The molecule has 1 aromatic carbocycles. The third-order valence-electron chi connectivity index (χ3n) is 4.02. The molecule has 1 N–H and O–H groups in total. The molecule has 4 nitrogen and oxygen atoms in total. The van der Waals surface area contributed by atoms with Gasteiger partial charge in [0.2, 0.25) is 0 Å². The van der Waals surface area contributed by atoms with Crippen molar-refractivity contribution in [3.05, 3.63) is 24.3 Å². The highest BCUT2D eigenvalue weighted by atomic mass is 32.1. The fourth-order valence-electron chi connectivity index (χ4n) is 2.71. The van der Waals surface area contributed by atoms with Gasteiger partial charge in [-0.05, 0) is 44.0 Å².